The first-order valence-electron chi connectivity index (χ1n) is 11.8. The number of nitrogens with zero attached hydrogens (tertiary/aromatic N) is 1. The lowest BCUT2D eigenvalue weighted by Gasteiger charge is -2.09. The Morgan fingerprint density at radius 1 is 0.382 bits per heavy atom. The number of H-pyrrole nitrogens is 1. The van der Waals surface area contributed by atoms with Crippen LogP contribution in [0, 0.1) is 0 Å². The van der Waals surface area contributed by atoms with Gasteiger partial charge in [0.15, 0.2) is 0 Å². The van der Waals surface area contributed by atoms with Gasteiger partial charge in [0, 0.05) is 43.4 Å². The molecule has 2 heteroatoms. The number of para-hydroxylation sites is 1. The first-order valence-corrected chi connectivity index (χ1v) is 11.8. The predicted octanol–water partition coefficient (Wildman–Crippen LogP) is 8.78. The van der Waals surface area contributed by atoms with Gasteiger partial charge in [0.25, 0.3) is 0 Å². The fraction of sp³-hybridized carbons (Fsp3) is 0. The molecule has 9 aromatic rings. The molecule has 1 N–H and O–H groups in total. The van der Waals surface area contributed by atoms with Crippen molar-refractivity contribution in [3.63, 3.8) is 0 Å². The van der Waals surface area contributed by atoms with Gasteiger partial charge in [-0.05, 0) is 39.7 Å². The van der Waals surface area contributed by atoms with E-state index < -0.39 is 0 Å². The second-order valence-electron chi connectivity index (χ2n) is 9.40. The molecule has 0 unspecified atom stereocenters. The number of aromatic amines is 1. The molecule has 2 nitrogen and oxygen atoms in total. The van der Waals surface area contributed by atoms with Crippen LogP contribution in [0.25, 0.3) is 81.4 Å². The highest BCUT2D eigenvalue weighted by Gasteiger charge is 2.21. The number of aromatic nitrogens is 2. The molecule has 0 aliphatic rings. The summed E-state index contributed by atoms with van der Waals surface area (Å²) in [6.07, 6.45) is 0. The third-order valence-corrected chi connectivity index (χ3v) is 7.82. The van der Waals surface area contributed by atoms with Crippen LogP contribution < -0.4 is 0 Å². The van der Waals surface area contributed by atoms with Gasteiger partial charge in [-0.1, -0.05) is 84.9 Å². The van der Waals surface area contributed by atoms with E-state index >= 15 is 0 Å². The van der Waals surface area contributed by atoms with Crippen LogP contribution in [-0.2, 0) is 0 Å². The van der Waals surface area contributed by atoms with Gasteiger partial charge in [-0.15, -0.1) is 0 Å². The van der Waals surface area contributed by atoms with Gasteiger partial charge in [-0.25, -0.2) is 0 Å². The highest BCUT2D eigenvalue weighted by atomic mass is 14.9. The Morgan fingerprint density at radius 2 is 0.912 bits per heavy atom. The van der Waals surface area contributed by atoms with E-state index in [-0.39, 0.29) is 0 Å². The second-order valence-corrected chi connectivity index (χ2v) is 9.40. The Balaban J connectivity index is 1.81. The quantitative estimate of drug-likeness (QED) is 0.232. The van der Waals surface area contributed by atoms with Crippen LogP contribution in [0.5, 0.6) is 0 Å². The number of rotatable bonds is 0. The zero-order chi connectivity index (χ0) is 22.0. The molecule has 9 rings (SSSR count). The number of hydrogen-bond acceptors (Lipinski definition) is 0. The van der Waals surface area contributed by atoms with Crippen molar-refractivity contribution < 1.29 is 0 Å². The van der Waals surface area contributed by atoms with Crippen LogP contribution in [0.15, 0.2) is 103 Å². The Labute approximate surface area is 194 Å². The minimum atomic E-state index is 1.19. The Bertz CT molecular complexity index is 2280. The van der Waals surface area contributed by atoms with Gasteiger partial charge >= 0.3 is 0 Å². The number of nitrogens with one attached hydrogen (secondary N) is 1. The molecule has 0 bridgehead atoms. The molecule has 34 heavy (non-hydrogen) atoms. The molecule has 0 amide bonds. The lowest BCUT2D eigenvalue weighted by atomic mass is 9.96. The van der Waals surface area contributed by atoms with Crippen LogP contribution in [0.1, 0.15) is 0 Å². The number of fused-ring (bicyclic) bond motifs is 10. The third-order valence-electron chi connectivity index (χ3n) is 7.82. The van der Waals surface area contributed by atoms with Gasteiger partial charge in [0.05, 0.1) is 16.6 Å². The van der Waals surface area contributed by atoms with Crippen molar-refractivity contribution in [3.05, 3.63) is 103 Å². The molecule has 0 aliphatic heterocycles. The summed E-state index contributed by atoms with van der Waals surface area (Å²) in [7, 11) is 0. The Hall–Kier alpha value is -4.56. The summed E-state index contributed by atoms with van der Waals surface area (Å²) in [5.74, 6) is 0. The van der Waals surface area contributed by atoms with Gasteiger partial charge in [-0.3, -0.25) is 0 Å². The molecule has 156 valence electrons. The first-order chi connectivity index (χ1) is 16.9. The highest BCUT2D eigenvalue weighted by Crippen LogP contribution is 2.45. The smallest absolute Gasteiger partial charge is 0.0626 e. The normalized spacial score (nSPS) is 12.7. The standard InChI is InChI=1S/C32H18N2/c1-3-10-20-18(8-1)19-9-2-4-11-22(19)32-28(20)24-14-5-13-23-21-12-6-15-25-29(21)30-26(33-25)16-7-17-27(30)34(32)31(23)24/h1-17,33H. The average Bonchev–Trinajstić information content (AvgIpc) is 3.41. The molecule has 0 spiro atoms. The van der Waals surface area contributed by atoms with E-state index in [0.29, 0.717) is 0 Å². The highest BCUT2D eigenvalue weighted by molar-refractivity contribution is 6.37. The number of benzene rings is 6. The number of hydrogen-bond donors (Lipinski definition) is 1. The van der Waals surface area contributed by atoms with Crippen molar-refractivity contribution in [1.82, 2.24) is 9.38 Å². The maximum absolute atomic E-state index is 3.68. The Morgan fingerprint density at radius 3 is 1.76 bits per heavy atom. The summed E-state index contributed by atoms with van der Waals surface area (Å²) in [6.45, 7) is 0. The maximum atomic E-state index is 3.68. The zero-order valence-corrected chi connectivity index (χ0v) is 18.3. The topological polar surface area (TPSA) is 20.2 Å². The zero-order valence-electron chi connectivity index (χ0n) is 18.3. The van der Waals surface area contributed by atoms with Crippen molar-refractivity contribution in [3.8, 4) is 0 Å². The first kappa shape index (κ1) is 17.0. The van der Waals surface area contributed by atoms with Gasteiger partial charge < -0.3 is 9.38 Å². The summed E-state index contributed by atoms with van der Waals surface area (Å²) < 4.78 is 2.55. The van der Waals surface area contributed by atoms with Crippen molar-refractivity contribution in [2.75, 3.05) is 0 Å². The molecule has 0 saturated carbocycles. The molecule has 0 radical (unpaired) electrons. The molecular formula is C32H18N2. The van der Waals surface area contributed by atoms with Crippen molar-refractivity contribution in [1.29, 1.82) is 0 Å². The lowest BCUT2D eigenvalue weighted by Crippen LogP contribution is -1.87. The second kappa shape index (κ2) is 5.67. The molecular weight excluding hydrogens is 412 g/mol. The molecule has 3 aromatic heterocycles. The molecule has 0 atom stereocenters. The van der Waals surface area contributed by atoms with E-state index in [1.54, 1.807) is 0 Å². The fourth-order valence-corrected chi connectivity index (χ4v) is 6.57. The van der Waals surface area contributed by atoms with Crippen molar-refractivity contribution >= 4 is 81.4 Å². The van der Waals surface area contributed by atoms with Crippen LogP contribution in [0.2, 0.25) is 0 Å². The van der Waals surface area contributed by atoms with E-state index in [9.17, 15) is 0 Å². The van der Waals surface area contributed by atoms with Crippen LogP contribution in [0.3, 0.4) is 0 Å². The summed E-state index contributed by atoms with van der Waals surface area (Å²) in [5, 5.41) is 13.1. The third kappa shape index (κ3) is 1.79. The minimum absolute atomic E-state index is 1.19. The van der Waals surface area contributed by atoms with E-state index in [2.05, 4.69) is 113 Å². The minimum Gasteiger partial charge on any atom is -0.354 e. The van der Waals surface area contributed by atoms with Crippen LogP contribution >= 0.6 is 0 Å². The van der Waals surface area contributed by atoms with E-state index in [1.807, 2.05) is 0 Å². The van der Waals surface area contributed by atoms with E-state index in [4.69, 9.17) is 0 Å². The summed E-state index contributed by atoms with van der Waals surface area (Å²) >= 11 is 0. The SMILES string of the molecule is c1ccc2c(c1)c1ccccc1c1c2c2cccc3c4cccc5[nH]c6cccc(c6c54)n1c32. The van der Waals surface area contributed by atoms with Crippen molar-refractivity contribution in [2.45, 2.75) is 0 Å². The summed E-state index contributed by atoms with van der Waals surface area (Å²) in [6, 6.07) is 37.9. The maximum Gasteiger partial charge on any atom is 0.0626 e. The molecule has 3 heterocycles. The molecule has 0 saturated heterocycles. The monoisotopic (exact) mass is 430 g/mol. The van der Waals surface area contributed by atoms with Crippen LogP contribution in [0.4, 0.5) is 0 Å². The van der Waals surface area contributed by atoms with Crippen LogP contribution in [-0.4, -0.2) is 9.38 Å². The average molecular weight is 431 g/mol. The molecule has 0 aliphatic carbocycles. The van der Waals surface area contributed by atoms with Crippen molar-refractivity contribution in [2.24, 2.45) is 0 Å². The Kier molecular flexibility index (Phi) is 2.83. The fourth-order valence-electron chi connectivity index (χ4n) is 6.57. The molecule has 6 aromatic carbocycles. The summed E-state index contributed by atoms with van der Waals surface area (Å²) in [4.78, 5) is 3.68. The largest absolute Gasteiger partial charge is 0.354 e. The predicted molar refractivity (Wildman–Crippen MR) is 145 cm³/mol. The van der Waals surface area contributed by atoms with Gasteiger partial charge in [-0.2, -0.15) is 0 Å². The summed E-state index contributed by atoms with van der Waals surface area (Å²) in [5.41, 5.74) is 6.23. The molecule has 0 fully saturated rings. The van der Waals surface area contributed by atoms with Gasteiger partial charge in [0.2, 0.25) is 0 Å². The van der Waals surface area contributed by atoms with Gasteiger partial charge in [0.1, 0.15) is 0 Å². The van der Waals surface area contributed by atoms with E-state index in [1.165, 1.54) is 81.4 Å². The van der Waals surface area contributed by atoms with E-state index in [0.717, 1.165) is 0 Å². The lowest BCUT2D eigenvalue weighted by molar-refractivity contribution is 1.37.